The number of aliphatic hydroxyl groups is 1. The molecule has 10 heteroatoms. The summed E-state index contributed by atoms with van der Waals surface area (Å²) in [5.74, 6) is 0. The maximum atomic E-state index is 12.4. The molecule has 1 saturated heterocycles. The van der Waals surface area contributed by atoms with Gasteiger partial charge in [0.15, 0.2) is 0 Å². The van der Waals surface area contributed by atoms with Gasteiger partial charge in [0.1, 0.15) is 12.9 Å². The number of hydroxylamine groups is 2. The standard InChI is InChI=1S/C7H11ClN4O3S2/c1-17(15)7-10-9-6(16-7)12(14)4-11(3-8)2-5(12)13/h5,13H,2-4H2,1H3. The predicted molar refractivity (Wildman–Crippen MR) is 65.7 cm³/mol. The molecule has 1 aliphatic rings. The third-order valence-corrected chi connectivity index (χ3v) is 5.14. The van der Waals surface area contributed by atoms with E-state index in [4.69, 9.17) is 11.6 Å². The molecule has 0 aromatic carbocycles. The van der Waals surface area contributed by atoms with E-state index < -0.39 is 22.1 Å². The zero-order valence-electron chi connectivity index (χ0n) is 8.95. The zero-order valence-corrected chi connectivity index (χ0v) is 11.3. The molecule has 2 heterocycles. The zero-order chi connectivity index (χ0) is 12.6. The van der Waals surface area contributed by atoms with E-state index in [-0.39, 0.29) is 28.7 Å². The monoisotopic (exact) mass is 298 g/mol. The second-order valence-electron chi connectivity index (χ2n) is 3.70. The number of alkyl halides is 1. The van der Waals surface area contributed by atoms with Crippen molar-refractivity contribution >= 4 is 39.2 Å². The Hall–Kier alpha value is 0. The Labute approximate surface area is 110 Å². The highest BCUT2D eigenvalue weighted by Gasteiger charge is 2.43. The minimum atomic E-state index is -1.27. The maximum Gasteiger partial charge on any atom is 0.326 e. The molecule has 0 saturated carbocycles. The minimum Gasteiger partial charge on any atom is -0.623 e. The molecule has 3 atom stereocenters. The number of aliphatic hydroxyl groups excluding tert-OH is 1. The number of halogens is 1. The van der Waals surface area contributed by atoms with Crippen LogP contribution in [0.1, 0.15) is 0 Å². The van der Waals surface area contributed by atoms with Crippen molar-refractivity contribution in [3.05, 3.63) is 5.21 Å². The van der Waals surface area contributed by atoms with Crippen molar-refractivity contribution in [2.24, 2.45) is 0 Å². The molecule has 1 fully saturated rings. The lowest BCUT2D eigenvalue weighted by molar-refractivity contribution is 0.0844. The second-order valence-corrected chi connectivity index (χ2v) is 6.44. The van der Waals surface area contributed by atoms with Crippen molar-refractivity contribution in [3.63, 3.8) is 0 Å². The number of hydrogen-bond donors (Lipinski definition) is 1. The van der Waals surface area contributed by atoms with Crippen molar-refractivity contribution in [3.8, 4) is 0 Å². The first kappa shape index (κ1) is 13.4. The third kappa shape index (κ3) is 2.42. The normalized spacial score (nSPS) is 31.9. The lowest BCUT2D eigenvalue weighted by Crippen LogP contribution is -2.48. The second kappa shape index (κ2) is 4.94. The van der Waals surface area contributed by atoms with E-state index in [9.17, 15) is 14.9 Å². The van der Waals surface area contributed by atoms with E-state index in [1.165, 1.54) is 6.26 Å². The summed E-state index contributed by atoms with van der Waals surface area (Å²) in [7, 11) is 0. The van der Waals surface area contributed by atoms with Gasteiger partial charge in [0.2, 0.25) is 6.23 Å². The lowest BCUT2D eigenvalue weighted by Gasteiger charge is -2.36. The highest BCUT2D eigenvalue weighted by molar-refractivity contribution is 7.92. The van der Waals surface area contributed by atoms with Crippen LogP contribution in [0.3, 0.4) is 0 Å². The fourth-order valence-electron chi connectivity index (χ4n) is 1.56. The van der Waals surface area contributed by atoms with Crippen molar-refractivity contribution < 1.29 is 9.66 Å². The Kier molecular flexibility index (Phi) is 3.90. The van der Waals surface area contributed by atoms with E-state index >= 15 is 0 Å². The van der Waals surface area contributed by atoms with Crippen LogP contribution in [-0.4, -0.2) is 56.5 Å². The number of rotatable bonds is 3. The van der Waals surface area contributed by atoms with E-state index in [0.717, 1.165) is 11.3 Å². The van der Waals surface area contributed by atoms with Gasteiger partial charge in [0.25, 0.3) is 0 Å². The lowest BCUT2D eigenvalue weighted by atomic mass is 10.5. The van der Waals surface area contributed by atoms with Crippen molar-refractivity contribution in [1.29, 1.82) is 0 Å². The number of nitrogens with zero attached hydrogens (tertiary/aromatic N) is 4. The molecule has 7 nitrogen and oxygen atoms in total. The van der Waals surface area contributed by atoms with Gasteiger partial charge in [-0.1, -0.05) is 10.2 Å². The van der Waals surface area contributed by atoms with Crippen LogP contribution in [0.4, 0.5) is 5.13 Å². The summed E-state index contributed by atoms with van der Waals surface area (Å²) in [4.78, 5) is 1.61. The summed E-state index contributed by atoms with van der Waals surface area (Å²) >= 11 is 5.32. The molecule has 0 amide bonds. The van der Waals surface area contributed by atoms with Gasteiger partial charge in [-0.05, 0) is 0 Å². The molecule has 0 radical (unpaired) electrons. The van der Waals surface area contributed by atoms with Gasteiger partial charge in [-0.2, -0.15) is 0 Å². The van der Waals surface area contributed by atoms with Gasteiger partial charge in [0, 0.05) is 22.5 Å². The molecule has 1 aromatic heterocycles. The molecule has 96 valence electrons. The fourth-order valence-corrected chi connectivity index (χ4v) is 3.23. The first-order valence-corrected chi connectivity index (χ1v) is 7.61. The molecule has 2 rings (SSSR count). The van der Waals surface area contributed by atoms with Gasteiger partial charge in [0.05, 0.1) is 12.5 Å². The number of β-amino-alcohol motifs (C(OH)–C–C–N with tert-alkyl or cyclic N) is 1. The maximum absolute atomic E-state index is 12.4. The first-order valence-electron chi connectivity index (χ1n) is 4.70. The van der Waals surface area contributed by atoms with E-state index in [1.54, 1.807) is 4.90 Å². The summed E-state index contributed by atoms with van der Waals surface area (Å²) in [5, 5.41) is 29.7. The minimum absolute atomic E-state index is 0.0235. The van der Waals surface area contributed by atoms with Gasteiger partial charge < -0.3 is 14.9 Å². The van der Waals surface area contributed by atoms with Crippen LogP contribution < -0.4 is 4.65 Å². The van der Waals surface area contributed by atoms with Crippen LogP contribution in [-0.2, 0) is 11.2 Å². The van der Waals surface area contributed by atoms with Crippen LogP contribution in [0.15, 0.2) is 4.34 Å². The van der Waals surface area contributed by atoms with E-state index in [2.05, 4.69) is 10.2 Å². The van der Waals surface area contributed by atoms with Gasteiger partial charge in [-0.3, -0.25) is 4.65 Å². The summed E-state index contributed by atoms with van der Waals surface area (Å²) in [6, 6.07) is 0.171. The quantitative estimate of drug-likeness (QED) is 0.274. The molecule has 0 spiro atoms. The number of aromatic nitrogens is 2. The number of quaternary nitrogens is 1. The van der Waals surface area contributed by atoms with Gasteiger partial charge in [-0.25, -0.2) is 4.90 Å². The third-order valence-electron chi connectivity index (χ3n) is 2.45. The largest absolute Gasteiger partial charge is 0.623 e. The average molecular weight is 299 g/mol. The Morgan fingerprint density at radius 1 is 1.71 bits per heavy atom. The van der Waals surface area contributed by atoms with Crippen LogP contribution >= 0.6 is 22.9 Å². The highest BCUT2D eigenvalue weighted by atomic mass is 35.5. The highest BCUT2D eigenvalue weighted by Crippen LogP contribution is 2.33. The van der Waals surface area contributed by atoms with Gasteiger partial charge in [-0.15, -0.1) is 11.6 Å². The summed E-state index contributed by atoms with van der Waals surface area (Å²) in [6.07, 6.45) is 0.324. The SMILES string of the molecule is C[S+]([O-])c1nnc([N+]2([O-])CN(CCl)CC2O)s1. The molecule has 0 bridgehead atoms. The van der Waals surface area contributed by atoms with Crippen molar-refractivity contribution in [1.82, 2.24) is 19.7 Å². The van der Waals surface area contributed by atoms with Gasteiger partial charge >= 0.3 is 9.47 Å². The van der Waals surface area contributed by atoms with E-state index in [1.807, 2.05) is 0 Å². The number of hydrogen-bond acceptors (Lipinski definition) is 7. The van der Waals surface area contributed by atoms with Crippen molar-refractivity contribution in [2.75, 3.05) is 25.5 Å². The first-order chi connectivity index (χ1) is 7.97. The topological polar surface area (TPSA) is 95.4 Å². The smallest absolute Gasteiger partial charge is 0.326 e. The Bertz CT molecular complexity index is 406. The van der Waals surface area contributed by atoms with Crippen LogP contribution in [0, 0.1) is 5.21 Å². The summed E-state index contributed by atoms with van der Waals surface area (Å²) < 4.78 is 10.5. The van der Waals surface area contributed by atoms with Crippen LogP contribution in [0.5, 0.6) is 0 Å². The van der Waals surface area contributed by atoms with Crippen LogP contribution in [0.2, 0.25) is 0 Å². The molecular formula is C7H11ClN4O3S2. The van der Waals surface area contributed by atoms with E-state index in [0.29, 0.717) is 0 Å². The molecular weight excluding hydrogens is 288 g/mol. The molecule has 3 unspecified atom stereocenters. The fraction of sp³-hybridized carbons (Fsp3) is 0.714. The summed E-state index contributed by atoms with van der Waals surface area (Å²) in [5.41, 5.74) is 0. The Morgan fingerprint density at radius 2 is 2.41 bits per heavy atom. The molecule has 1 aliphatic heterocycles. The molecule has 17 heavy (non-hydrogen) atoms. The Morgan fingerprint density at radius 3 is 2.88 bits per heavy atom. The molecule has 1 N–H and O–H groups in total. The molecule has 1 aromatic rings. The average Bonchev–Trinajstić information content (AvgIpc) is 2.85. The van der Waals surface area contributed by atoms with Crippen LogP contribution in [0.25, 0.3) is 0 Å². The Balaban J connectivity index is 2.25. The molecule has 0 aliphatic carbocycles. The summed E-state index contributed by atoms with van der Waals surface area (Å²) in [6.45, 7) is 0.215. The van der Waals surface area contributed by atoms with Crippen molar-refractivity contribution in [2.45, 2.75) is 10.6 Å². The predicted octanol–water partition coefficient (Wildman–Crippen LogP) is -0.132.